The number of nitrogens with zero attached hydrogens (tertiary/aromatic N) is 4. The molecule has 2 aliphatic heterocycles. The highest BCUT2D eigenvalue weighted by Gasteiger charge is 2.34. The molecule has 0 spiro atoms. The Labute approximate surface area is 195 Å². The lowest BCUT2D eigenvalue weighted by Crippen LogP contribution is -2.46. The van der Waals surface area contributed by atoms with Gasteiger partial charge in [-0.05, 0) is 73.7 Å². The zero-order valence-electron chi connectivity index (χ0n) is 19.0. The lowest BCUT2D eigenvalue weighted by atomic mass is 10.1. The van der Waals surface area contributed by atoms with Gasteiger partial charge in [-0.15, -0.1) is 0 Å². The third-order valence-corrected chi connectivity index (χ3v) is 6.99. The molecule has 5 rings (SSSR count). The van der Waals surface area contributed by atoms with Gasteiger partial charge in [0, 0.05) is 63.7 Å². The van der Waals surface area contributed by atoms with Crippen LogP contribution in [0.2, 0.25) is 0 Å². The molecule has 0 radical (unpaired) electrons. The maximum absolute atomic E-state index is 13.2. The molecule has 2 aromatic rings. The molecule has 2 saturated heterocycles. The summed E-state index contributed by atoms with van der Waals surface area (Å²) < 4.78 is 13.2. The first-order chi connectivity index (χ1) is 16.1. The van der Waals surface area contributed by atoms with E-state index < -0.39 is 0 Å². The number of hydrogen-bond acceptors (Lipinski definition) is 5. The largest absolute Gasteiger partial charge is 0.368 e. The van der Waals surface area contributed by atoms with E-state index in [0.717, 1.165) is 62.4 Å². The summed E-state index contributed by atoms with van der Waals surface area (Å²) in [7, 11) is 0. The average molecular weight is 453 g/mol. The van der Waals surface area contributed by atoms with Crippen LogP contribution in [0.5, 0.6) is 0 Å². The molecule has 1 aliphatic carbocycles. The normalized spacial score (nSPS) is 21.3. The van der Waals surface area contributed by atoms with Crippen LogP contribution in [0.3, 0.4) is 0 Å². The van der Waals surface area contributed by atoms with Crippen LogP contribution in [0.25, 0.3) is 0 Å². The number of likely N-dealkylation sites (tertiary alicyclic amines) is 1. The maximum atomic E-state index is 13.2. The topological polar surface area (TPSA) is 63.7 Å². The molecule has 1 saturated carbocycles. The van der Waals surface area contributed by atoms with Crippen molar-refractivity contribution in [2.24, 2.45) is 5.92 Å². The Morgan fingerprint density at radius 3 is 2.48 bits per heavy atom. The Hall–Kier alpha value is -2.87. The molecule has 1 aromatic carbocycles. The van der Waals surface area contributed by atoms with Crippen LogP contribution < -0.4 is 20.4 Å². The fourth-order valence-corrected chi connectivity index (χ4v) is 4.87. The summed E-state index contributed by atoms with van der Waals surface area (Å²) in [4.78, 5) is 23.9. The fourth-order valence-electron chi connectivity index (χ4n) is 4.87. The van der Waals surface area contributed by atoms with Gasteiger partial charge >= 0.3 is 6.03 Å². The second kappa shape index (κ2) is 9.95. The van der Waals surface area contributed by atoms with Crippen LogP contribution in [0.4, 0.5) is 20.7 Å². The summed E-state index contributed by atoms with van der Waals surface area (Å²) in [5.74, 6) is 1.29. The van der Waals surface area contributed by atoms with Gasteiger partial charge in [-0.3, -0.25) is 0 Å². The molecular weight excluding hydrogens is 419 g/mol. The minimum atomic E-state index is -0.209. The van der Waals surface area contributed by atoms with Crippen molar-refractivity contribution in [3.05, 3.63) is 54.0 Å². The van der Waals surface area contributed by atoms with Gasteiger partial charge < -0.3 is 25.3 Å². The molecule has 1 unspecified atom stereocenters. The van der Waals surface area contributed by atoms with Crippen molar-refractivity contribution in [3.63, 3.8) is 0 Å². The van der Waals surface area contributed by atoms with E-state index in [2.05, 4.69) is 36.4 Å². The van der Waals surface area contributed by atoms with Crippen molar-refractivity contribution in [1.82, 2.24) is 20.5 Å². The number of amides is 2. The molecule has 1 atom stereocenters. The SMILES string of the molecule is O=C(NCc1ccnc(N2CCN(c3ccc(F)cc3)CC2)c1)NCC1CCN(C2CC2)C1. The number of carbonyl (C=O) groups is 1. The smallest absolute Gasteiger partial charge is 0.315 e. The highest BCUT2D eigenvalue weighted by molar-refractivity contribution is 5.73. The first kappa shape index (κ1) is 21.9. The molecule has 176 valence electrons. The molecular formula is C25H33FN6O. The molecule has 3 fully saturated rings. The summed E-state index contributed by atoms with van der Waals surface area (Å²) >= 11 is 0. The summed E-state index contributed by atoms with van der Waals surface area (Å²) in [6.07, 6.45) is 5.68. The van der Waals surface area contributed by atoms with E-state index in [1.807, 2.05) is 24.4 Å². The molecule has 3 aliphatic rings. The van der Waals surface area contributed by atoms with Crippen LogP contribution >= 0.6 is 0 Å². The molecule has 7 nitrogen and oxygen atoms in total. The monoisotopic (exact) mass is 452 g/mol. The number of aromatic nitrogens is 1. The summed E-state index contributed by atoms with van der Waals surface area (Å²) in [5, 5.41) is 6.03. The zero-order chi connectivity index (χ0) is 22.6. The fraction of sp³-hybridized carbons (Fsp3) is 0.520. The quantitative estimate of drug-likeness (QED) is 0.677. The van der Waals surface area contributed by atoms with Gasteiger partial charge in [0.25, 0.3) is 0 Å². The number of pyridine rings is 1. The van der Waals surface area contributed by atoms with E-state index >= 15 is 0 Å². The van der Waals surface area contributed by atoms with Gasteiger partial charge in [0.2, 0.25) is 0 Å². The molecule has 1 aromatic heterocycles. The number of hydrogen-bond donors (Lipinski definition) is 2. The number of anilines is 2. The van der Waals surface area contributed by atoms with Gasteiger partial charge in [0.1, 0.15) is 11.6 Å². The Balaban J connectivity index is 1.06. The Kier molecular flexibility index (Phi) is 6.62. The van der Waals surface area contributed by atoms with Gasteiger partial charge in [-0.25, -0.2) is 14.2 Å². The van der Waals surface area contributed by atoms with E-state index in [1.165, 1.54) is 37.9 Å². The second-order valence-corrected chi connectivity index (χ2v) is 9.42. The van der Waals surface area contributed by atoms with E-state index in [4.69, 9.17) is 0 Å². The lowest BCUT2D eigenvalue weighted by molar-refractivity contribution is 0.238. The Bertz CT molecular complexity index is 942. The maximum Gasteiger partial charge on any atom is 0.315 e. The van der Waals surface area contributed by atoms with E-state index in [9.17, 15) is 9.18 Å². The molecule has 0 bridgehead atoms. The van der Waals surface area contributed by atoms with Crippen molar-refractivity contribution in [1.29, 1.82) is 0 Å². The number of nitrogens with one attached hydrogen (secondary N) is 2. The van der Waals surface area contributed by atoms with E-state index in [-0.39, 0.29) is 11.8 Å². The molecule has 2 amide bonds. The highest BCUT2D eigenvalue weighted by atomic mass is 19.1. The second-order valence-electron chi connectivity index (χ2n) is 9.42. The minimum absolute atomic E-state index is 0.105. The number of urea groups is 1. The van der Waals surface area contributed by atoms with Crippen LogP contribution in [0, 0.1) is 11.7 Å². The van der Waals surface area contributed by atoms with Gasteiger partial charge in [-0.2, -0.15) is 0 Å². The average Bonchev–Trinajstić information content (AvgIpc) is 3.60. The zero-order valence-corrected chi connectivity index (χ0v) is 19.0. The number of benzene rings is 1. The van der Waals surface area contributed by atoms with Gasteiger partial charge in [0.05, 0.1) is 0 Å². The standard InChI is InChI=1S/C25H33FN6O/c26-21-1-3-22(4-2-21)30-11-13-31(14-12-30)24-15-19(7-9-27-24)16-28-25(33)29-17-20-8-10-32(18-20)23-5-6-23/h1-4,7,9,15,20,23H,5-6,8,10-14,16-18H2,(H2,28,29,33). The summed E-state index contributed by atoms with van der Waals surface area (Å²) in [5.41, 5.74) is 2.09. The third kappa shape index (κ3) is 5.74. The predicted octanol–water partition coefficient (Wildman–Crippen LogP) is 2.83. The Morgan fingerprint density at radius 2 is 1.73 bits per heavy atom. The van der Waals surface area contributed by atoms with Crippen molar-refractivity contribution >= 4 is 17.5 Å². The number of halogens is 1. The van der Waals surface area contributed by atoms with Crippen molar-refractivity contribution in [3.8, 4) is 0 Å². The van der Waals surface area contributed by atoms with Crippen LogP contribution in [-0.4, -0.2) is 67.8 Å². The van der Waals surface area contributed by atoms with Crippen molar-refractivity contribution in [2.45, 2.75) is 31.8 Å². The molecule has 8 heteroatoms. The molecule has 3 heterocycles. The molecule has 2 N–H and O–H groups in total. The van der Waals surface area contributed by atoms with Crippen LogP contribution in [0.1, 0.15) is 24.8 Å². The van der Waals surface area contributed by atoms with Crippen LogP contribution in [0.15, 0.2) is 42.6 Å². The minimum Gasteiger partial charge on any atom is -0.368 e. The number of piperazine rings is 1. The van der Waals surface area contributed by atoms with Crippen molar-refractivity contribution < 1.29 is 9.18 Å². The molecule has 33 heavy (non-hydrogen) atoms. The van der Waals surface area contributed by atoms with E-state index in [1.54, 1.807) is 0 Å². The Morgan fingerprint density at radius 1 is 0.970 bits per heavy atom. The first-order valence-electron chi connectivity index (χ1n) is 12.1. The summed E-state index contributed by atoms with van der Waals surface area (Å²) in [6.45, 7) is 6.94. The highest BCUT2D eigenvalue weighted by Crippen LogP contribution is 2.31. The third-order valence-electron chi connectivity index (χ3n) is 6.99. The summed E-state index contributed by atoms with van der Waals surface area (Å²) in [6, 6.07) is 11.4. The number of rotatable bonds is 7. The van der Waals surface area contributed by atoms with Gasteiger partial charge in [0.15, 0.2) is 0 Å². The van der Waals surface area contributed by atoms with Gasteiger partial charge in [-0.1, -0.05) is 0 Å². The van der Waals surface area contributed by atoms with E-state index in [0.29, 0.717) is 12.5 Å². The lowest BCUT2D eigenvalue weighted by Gasteiger charge is -2.36. The van der Waals surface area contributed by atoms with Crippen LogP contribution in [-0.2, 0) is 6.54 Å². The first-order valence-corrected chi connectivity index (χ1v) is 12.1. The number of carbonyl (C=O) groups excluding carboxylic acids is 1. The predicted molar refractivity (Wildman–Crippen MR) is 128 cm³/mol. The van der Waals surface area contributed by atoms with Crippen molar-refractivity contribution in [2.75, 3.05) is 55.6 Å².